The summed E-state index contributed by atoms with van der Waals surface area (Å²) in [4.78, 5) is 35.1. The highest BCUT2D eigenvalue weighted by molar-refractivity contribution is 8.14. The van der Waals surface area contributed by atoms with E-state index in [0.29, 0.717) is 5.69 Å². The van der Waals surface area contributed by atoms with Crippen LogP contribution in [0.25, 0.3) is 0 Å². The van der Waals surface area contributed by atoms with Crippen LogP contribution >= 0.6 is 11.8 Å². The Hall–Kier alpha value is -2.02. The van der Waals surface area contributed by atoms with Crippen molar-refractivity contribution in [2.24, 2.45) is 0 Å². The topological polar surface area (TPSA) is 86.7 Å². The average Bonchev–Trinajstić information content (AvgIpc) is 2.64. The van der Waals surface area contributed by atoms with Gasteiger partial charge in [-0.05, 0) is 24.3 Å². The number of aromatic hydroxyl groups is 1. The van der Waals surface area contributed by atoms with Gasteiger partial charge >= 0.3 is 0 Å². The zero-order chi connectivity index (χ0) is 13.1. The molecule has 1 aliphatic heterocycles. The summed E-state index contributed by atoms with van der Waals surface area (Å²) in [6.45, 7) is -0.286. The number of rotatable bonds is 3. The molecule has 0 atom stereocenters. The third-order valence-electron chi connectivity index (χ3n) is 2.29. The number of phenolic OH excluding ortho intramolecular Hbond substituents is 1. The number of carbonyl (C=O) groups is 3. The smallest absolute Gasteiger partial charge is 0.289 e. The second-order valence-electron chi connectivity index (χ2n) is 3.63. The zero-order valence-electron chi connectivity index (χ0n) is 9.25. The van der Waals surface area contributed by atoms with E-state index in [0.717, 1.165) is 16.7 Å². The van der Waals surface area contributed by atoms with Crippen LogP contribution in [-0.4, -0.2) is 39.4 Å². The Morgan fingerprint density at radius 3 is 2.56 bits per heavy atom. The lowest BCUT2D eigenvalue weighted by molar-refractivity contribution is -0.128. The first-order valence-corrected chi connectivity index (χ1v) is 6.11. The summed E-state index contributed by atoms with van der Waals surface area (Å²) in [5.74, 6) is -0.629. The van der Waals surface area contributed by atoms with Crippen LogP contribution in [0.2, 0.25) is 0 Å². The summed E-state index contributed by atoms with van der Waals surface area (Å²) in [6, 6.07) is 5.90. The van der Waals surface area contributed by atoms with Gasteiger partial charge in [-0.25, -0.2) is 0 Å². The van der Waals surface area contributed by atoms with Crippen LogP contribution in [0.4, 0.5) is 10.5 Å². The van der Waals surface area contributed by atoms with Crippen LogP contribution < -0.4 is 5.32 Å². The molecule has 0 unspecified atom stereocenters. The molecule has 6 nitrogen and oxygen atoms in total. The zero-order valence-corrected chi connectivity index (χ0v) is 10.1. The Labute approximate surface area is 107 Å². The molecule has 18 heavy (non-hydrogen) atoms. The Balaban J connectivity index is 1.94. The quantitative estimate of drug-likeness (QED) is 0.798. The van der Waals surface area contributed by atoms with E-state index in [4.69, 9.17) is 5.11 Å². The fourth-order valence-electron chi connectivity index (χ4n) is 1.42. The molecule has 0 spiro atoms. The predicted molar refractivity (Wildman–Crippen MR) is 66.3 cm³/mol. The maximum Gasteiger partial charge on any atom is 0.289 e. The Morgan fingerprint density at radius 1 is 1.33 bits per heavy atom. The number of benzene rings is 1. The number of thioether (sulfide) groups is 1. The normalized spacial score (nSPS) is 15.0. The first-order chi connectivity index (χ1) is 8.56. The molecule has 2 rings (SSSR count). The fourth-order valence-corrected chi connectivity index (χ4v) is 2.15. The Kier molecular flexibility index (Phi) is 3.52. The number of nitrogens with zero attached hydrogens (tertiary/aromatic N) is 1. The largest absolute Gasteiger partial charge is 0.508 e. The van der Waals surface area contributed by atoms with Crippen molar-refractivity contribution in [3.8, 4) is 5.75 Å². The van der Waals surface area contributed by atoms with Gasteiger partial charge in [0, 0.05) is 5.69 Å². The van der Waals surface area contributed by atoms with Crippen molar-refractivity contribution in [2.75, 3.05) is 17.6 Å². The van der Waals surface area contributed by atoms with E-state index in [1.54, 1.807) is 0 Å². The van der Waals surface area contributed by atoms with E-state index in [9.17, 15) is 14.4 Å². The lowest BCUT2D eigenvalue weighted by atomic mass is 10.3. The number of phenols is 1. The number of imide groups is 1. The van der Waals surface area contributed by atoms with Gasteiger partial charge in [-0.15, -0.1) is 0 Å². The van der Waals surface area contributed by atoms with Gasteiger partial charge in [0.25, 0.3) is 5.24 Å². The molecule has 3 amide bonds. The van der Waals surface area contributed by atoms with Crippen LogP contribution in [0.5, 0.6) is 5.75 Å². The number of hydrogen-bond donors (Lipinski definition) is 2. The highest BCUT2D eigenvalue weighted by atomic mass is 32.2. The minimum atomic E-state index is -0.454. The molecule has 0 saturated carbocycles. The molecule has 1 saturated heterocycles. The lowest BCUT2D eigenvalue weighted by Gasteiger charge is -2.12. The van der Waals surface area contributed by atoms with Gasteiger partial charge in [-0.3, -0.25) is 19.3 Å². The molecule has 7 heteroatoms. The predicted octanol–water partition coefficient (Wildman–Crippen LogP) is 1.03. The van der Waals surface area contributed by atoms with E-state index in [2.05, 4.69) is 5.32 Å². The number of anilines is 1. The van der Waals surface area contributed by atoms with Crippen molar-refractivity contribution in [1.82, 2.24) is 4.90 Å². The summed E-state index contributed by atoms with van der Waals surface area (Å²) in [5.41, 5.74) is 0.490. The molecule has 1 fully saturated rings. The Bertz CT molecular complexity index is 484. The molecular weight excluding hydrogens is 256 g/mol. The maximum absolute atomic E-state index is 11.6. The van der Waals surface area contributed by atoms with Crippen LogP contribution in [-0.2, 0) is 9.59 Å². The van der Waals surface area contributed by atoms with Gasteiger partial charge in [0.2, 0.25) is 11.8 Å². The molecule has 0 bridgehead atoms. The summed E-state index contributed by atoms with van der Waals surface area (Å²) in [6.07, 6.45) is 0. The summed E-state index contributed by atoms with van der Waals surface area (Å²) in [7, 11) is 0. The lowest BCUT2D eigenvalue weighted by Crippen LogP contribution is -2.36. The van der Waals surface area contributed by atoms with E-state index >= 15 is 0 Å². The minimum Gasteiger partial charge on any atom is -0.508 e. The van der Waals surface area contributed by atoms with Gasteiger partial charge in [-0.2, -0.15) is 0 Å². The SMILES string of the molecule is O=C(CN1C(=O)CSC1=O)Nc1ccc(O)cc1. The van der Waals surface area contributed by atoms with Crippen LogP contribution in [0.1, 0.15) is 0 Å². The maximum atomic E-state index is 11.6. The molecule has 1 aromatic carbocycles. The molecule has 94 valence electrons. The first kappa shape index (κ1) is 12.4. The third kappa shape index (κ3) is 2.80. The summed E-state index contributed by atoms with van der Waals surface area (Å²) >= 11 is 0.888. The van der Waals surface area contributed by atoms with E-state index in [1.165, 1.54) is 24.3 Å². The van der Waals surface area contributed by atoms with Crippen LogP contribution in [0.3, 0.4) is 0 Å². The molecular formula is C11H10N2O4S. The number of amides is 3. The first-order valence-electron chi connectivity index (χ1n) is 5.12. The standard InChI is InChI=1S/C11H10N2O4S/c14-8-3-1-7(2-4-8)12-9(15)5-13-10(16)6-18-11(13)17/h1-4,14H,5-6H2,(H,12,15). The molecule has 2 N–H and O–H groups in total. The molecule has 0 radical (unpaired) electrons. The average molecular weight is 266 g/mol. The van der Waals surface area contributed by atoms with Crippen molar-refractivity contribution >= 4 is 34.5 Å². The number of nitrogens with one attached hydrogen (secondary N) is 1. The second kappa shape index (κ2) is 5.09. The molecule has 1 aromatic rings. The van der Waals surface area contributed by atoms with Gasteiger partial charge in [0.1, 0.15) is 12.3 Å². The van der Waals surface area contributed by atoms with Crippen molar-refractivity contribution < 1.29 is 19.5 Å². The van der Waals surface area contributed by atoms with Crippen LogP contribution in [0, 0.1) is 0 Å². The number of carbonyl (C=O) groups excluding carboxylic acids is 3. The third-order valence-corrected chi connectivity index (χ3v) is 3.15. The summed E-state index contributed by atoms with van der Waals surface area (Å²) in [5, 5.41) is 11.2. The van der Waals surface area contributed by atoms with Gasteiger partial charge in [-0.1, -0.05) is 11.8 Å². The summed E-state index contributed by atoms with van der Waals surface area (Å²) < 4.78 is 0. The van der Waals surface area contributed by atoms with Gasteiger partial charge < -0.3 is 10.4 Å². The Morgan fingerprint density at radius 2 is 2.00 bits per heavy atom. The highest BCUT2D eigenvalue weighted by Crippen LogP contribution is 2.19. The van der Waals surface area contributed by atoms with E-state index in [-0.39, 0.29) is 24.0 Å². The van der Waals surface area contributed by atoms with Gasteiger partial charge in [0.15, 0.2) is 0 Å². The fraction of sp³-hybridized carbons (Fsp3) is 0.182. The van der Waals surface area contributed by atoms with Crippen molar-refractivity contribution in [1.29, 1.82) is 0 Å². The number of hydrogen-bond acceptors (Lipinski definition) is 5. The van der Waals surface area contributed by atoms with E-state index < -0.39 is 11.1 Å². The highest BCUT2D eigenvalue weighted by Gasteiger charge is 2.31. The van der Waals surface area contributed by atoms with Crippen molar-refractivity contribution in [2.45, 2.75) is 0 Å². The molecule has 0 aliphatic carbocycles. The van der Waals surface area contributed by atoms with Crippen LogP contribution in [0.15, 0.2) is 24.3 Å². The van der Waals surface area contributed by atoms with Gasteiger partial charge in [0.05, 0.1) is 5.75 Å². The molecule has 1 aliphatic rings. The second-order valence-corrected chi connectivity index (χ2v) is 4.56. The minimum absolute atomic E-state index is 0.0886. The van der Waals surface area contributed by atoms with Crippen molar-refractivity contribution in [3.05, 3.63) is 24.3 Å². The molecule has 1 heterocycles. The monoisotopic (exact) mass is 266 g/mol. The van der Waals surface area contributed by atoms with E-state index in [1.807, 2.05) is 0 Å². The molecule has 0 aromatic heterocycles. The van der Waals surface area contributed by atoms with Crippen molar-refractivity contribution in [3.63, 3.8) is 0 Å².